The summed E-state index contributed by atoms with van der Waals surface area (Å²) in [7, 11) is 0. The first kappa shape index (κ1) is 19.0. The lowest BCUT2D eigenvalue weighted by atomic mass is 9.87. The summed E-state index contributed by atoms with van der Waals surface area (Å²) in [5, 5.41) is 0. The maximum Gasteiger partial charge on any atom is 0.146 e. The molecule has 0 atom stereocenters. The second kappa shape index (κ2) is 7.85. The van der Waals surface area contributed by atoms with Crippen LogP contribution >= 0.6 is 31.9 Å². The molecule has 0 bridgehead atoms. The summed E-state index contributed by atoms with van der Waals surface area (Å²) in [6, 6.07) is 21.7. The van der Waals surface area contributed by atoms with E-state index in [1.807, 2.05) is 54.6 Å². The molecule has 0 unspecified atom stereocenters. The quantitative estimate of drug-likeness (QED) is 0.379. The molecule has 0 heterocycles. The van der Waals surface area contributed by atoms with E-state index in [-0.39, 0.29) is 5.41 Å². The van der Waals surface area contributed by atoms with E-state index in [0.717, 1.165) is 20.4 Å². The summed E-state index contributed by atoms with van der Waals surface area (Å²) < 4.78 is 13.7. The highest BCUT2D eigenvalue weighted by atomic mass is 79.9. The lowest BCUT2D eigenvalue weighted by Gasteiger charge is -2.19. The Labute approximate surface area is 171 Å². The van der Waals surface area contributed by atoms with E-state index in [2.05, 4.69) is 64.8 Å². The van der Waals surface area contributed by atoms with Crippen molar-refractivity contribution in [3.63, 3.8) is 0 Å². The number of hydrogen-bond acceptors (Lipinski definition) is 2. The van der Waals surface area contributed by atoms with Crippen LogP contribution in [-0.2, 0) is 5.41 Å². The smallest absolute Gasteiger partial charge is 0.146 e. The first-order chi connectivity index (χ1) is 12.3. The van der Waals surface area contributed by atoms with Gasteiger partial charge in [0, 0.05) is 4.47 Å². The van der Waals surface area contributed by atoms with Gasteiger partial charge in [0.2, 0.25) is 0 Å². The molecule has 0 aliphatic heterocycles. The first-order valence-electron chi connectivity index (χ1n) is 8.33. The van der Waals surface area contributed by atoms with Crippen molar-refractivity contribution in [1.82, 2.24) is 0 Å². The van der Waals surface area contributed by atoms with Gasteiger partial charge in [0.1, 0.15) is 27.5 Å². The molecule has 3 rings (SSSR count). The van der Waals surface area contributed by atoms with Gasteiger partial charge in [-0.25, -0.2) is 0 Å². The van der Waals surface area contributed by atoms with Gasteiger partial charge in [-0.2, -0.15) is 0 Å². The average Bonchev–Trinajstić information content (AvgIpc) is 2.59. The molecule has 26 heavy (non-hydrogen) atoms. The SMILES string of the molecule is CC(C)(C)c1ccc(Oc2cc(Br)cc(Oc3ccccc3)c2Br)cc1. The Morgan fingerprint density at radius 2 is 1.19 bits per heavy atom. The second-order valence-corrected chi connectivity index (χ2v) is 8.72. The molecule has 0 spiro atoms. The highest BCUT2D eigenvalue weighted by Gasteiger charge is 2.15. The van der Waals surface area contributed by atoms with Crippen LogP contribution in [0, 0.1) is 0 Å². The lowest BCUT2D eigenvalue weighted by Crippen LogP contribution is -2.10. The lowest BCUT2D eigenvalue weighted by molar-refractivity contribution is 0.454. The highest BCUT2D eigenvalue weighted by molar-refractivity contribution is 9.11. The molecule has 3 aromatic carbocycles. The number of rotatable bonds is 4. The Hall–Kier alpha value is -1.78. The van der Waals surface area contributed by atoms with E-state index in [1.54, 1.807) is 0 Å². The van der Waals surface area contributed by atoms with Crippen molar-refractivity contribution in [1.29, 1.82) is 0 Å². The van der Waals surface area contributed by atoms with Crippen LogP contribution in [0.2, 0.25) is 0 Å². The summed E-state index contributed by atoms with van der Waals surface area (Å²) in [6.07, 6.45) is 0. The standard InChI is InChI=1S/C22H20Br2O2/c1-22(2,3)15-9-11-18(12-10-15)26-20-14-16(23)13-19(21(20)24)25-17-7-5-4-6-8-17/h4-14H,1-3H3. The predicted octanol–water partition coefficient (Wildman–Crippen LogP) is 8.09. The molecule has 0 saturated carbocycles. The molecule has 3 aromatic rings. The fourth-order valence-electron chi connectivity index (χ4n) is 2.45. The van der Waals surface area contributed by atoms with Crippen molar-refractivity contribution in [2.75, 3.05) is 0 Å². The minimum Gasteiger partial charge on any atom is -0.456 e. The van der Waals surface area contributed by atoms with Crippen LogP contribution in [0.5, 0.6) is 23.0 Å². The van der Waals surface area contributed by atoms with Gasteiger partial charge in [-0.3, -0.25) is 0 Å². The summed E-state index contributed by atoms with van der Waals surface area (Å²) in [6.45, 7) is 6.59. The van der Waals surface area contributed by atoms with Gasteiger partial charge in [0.05, 0.1) is 0 Å². The molecule has 0 radical (unpaired) electrons. The zero-order valence-electron chi connectivity index (χ0n) is 14.9. The number of halogens is 2. The topological polar surface area (TPSA) is 18.5 Å². The van der Waals surface area contributed by atoms with Crippen LogP contribution < -0.4 is 9.47 Å². The fourth-order valence-corrected chi connectivity index (χ4v) is 3.26. The van der Waals surface area contributed by atoms with E-state index in [4.69, 9.17) is 9.47 Å². The molecule has 0 saturated heterocycles. The minimum atomic E-state index is 0.117. The Balaban J connectivity index is 1.86. The molecule has 0 aliphatic rings. The van der Waals surface area contributed by atoms with Gasteiger partial charge >= 0.3 is 0 Å². The van der Waals surface area contributed by atoms with Crippen molar-refractivity contribution in [2.45, 2.75) is 26.2 Å². The molecule has 4 heteroatoms. The number of benzene rings is 3. The van der Waals surface area contributed by atoms with E-state index < -0.39 is 0 Å². The van der Waals surface area contributed by atoms with Crippen molar-refractivity contribution >= 4 is 31.9 Å². The summed E-state index contributed by atoms with van der Waals surface area (Å²) in [4.78, 5) is 0. The van der Waals surface area contributed by atoms with E-state index in [1.165, 1.54) is 5.56 Å². The summed E-state index contributed by atoms with van der Waals surface area (Å²) >= 11 is 7.14. The van der Waals surface area contributed by atoms with Crippen molar-refractivity contribution in [3.05, 3.63) is 81.2 Å². The molecule has 0 aromatic heterocycles. The Morgan fingerprint density at radius 3 is 1.69 bits per heavy atom. The van der Waals surface area contributed by atoms with Gasteiger partial charge in [-0.15, -0.1) is 0 Å². The highest BCUT2D eigenvalue weighted by Crippen LogP contribution is 2.41. The molecular formula is C22H20Br2O2. The van der Waals surface area contributed by atoms with Gasteiger partial charge in [0.25, 0.3) is 0 Å². The molecule has 0 amide bonds. The van der Waals surface area contributed by atoms with E-state index in [0.29, 0.717) is 11.5 Å². The fraction of sp³-hybridized carbons (Fsp3) is 0.182. The van der Waals surface area contributed by atoms with Gasteiger partial charge < -0.3 is 9.47 Å². The zero-order chi connectivity index (χ0) is 18.7. The maximum absolute atomic E-state index is 6.08. The van der Waals surface area contributed by atoms with Crippen LogP contribution in [0.25, 0.3) is 0 Å². The molecular weight excluding hydrogens is 456 g/mol. The maximum atomic E-state index is 6.08. The predicted molar refractivity (Wildman–Crippen MR) is 114 cm³/mol. The van der Waals surface area contributed by atoms with Gasteiger partial charge in [0.15, 0.2) is 0 Å². The van der Waals surface area contributed by atoms with Crippen molar-refractivity contribution in [3.8, 4) is 23.0 Å². The van der Waals surface area contributed by atoms with Crippen LogP contribution in [0.3, 0.4) is 0 Å². The largest absolute Gasteiger partial charge is 0.456 e. The molecule has 134 valence electrons. The normalized spacial score (nSPS) is 11.3. The minimum absolute atomic E-state index is 0.117. The Morgan fingerprint density at radius 1 is 0.692 bits per heavy atom. The van der Waals surface area contributed by atoms with Gasteiger partial charge in [-0.1, -0.05) is 67.0 Å². The monoisotopic (exact) mass is 474 g/mol. The van der Waals surface area contributed by atoms with Crippen LogP contribution in [0.15, 0.2) is 75.7 Å². The van der Waals surface area contributed by atoms with Crippen molar-refractivity contribution in [2.24, 2.45) is 0 Å². The molecule has 0 fully saturated rings. The number of para-hydroxylation sites is 1. The van der Waals surface area contributed by atoms with Crippen LogP contribution in [0.4, 0.5) is 0 Å². The molecule has 0 N–H and O–H groups in total. The van der Waals surface area contributed by atoms with Gasteiger partial charge in [-0.05, 0) is 63.3 Å². The molecule has 2 nitrogen and oxygen atoms in total. The Bertz CT molecular complexity index is 883. The summed E-state index contributed by atoms with van der Waals surface area (Å²) in [5.74, 6) is 2.93. The van der Waals surface area contributed by atoms with Crippen LogP contribution in [0.1, 0.15) is 26.3 Å². The molecule has 0 aliphatic carbocycles. The third-order valence-electron chi connectivity index (χ3n) is 3.89. The number of ether oxygens (including phenoxy) is 2. The van der Waals surface area contributed by atoms with Crippen molar-refractivity contribution < 1.29 is 9.47 Å². The van der Waals surface area contributed by atoms with E-state index in [9.17, 15) is 0 Å². The summed E-state index contributed by atoms with van der Waals surface area (Å²) in [5.41, 5.74) is 1.39. The number of hydrogen-bond donors (Lipinski definition) is 0. The van der Waals surface area contributed by atoms with Crippen LogP contribution in [-0.4, -0.2) is 0 Å². The third kappa shape index (κ3) is 4.68. The average molecular weight is 476 g/mol. The van der Waals surface area contributed by atoms with E-state index >= 15 is 0 Å². The zero-order valence-corrected chi connectivity index (χ0v) is 18.1. The Kier molecular flexibility index (Phi) is 5.73. The first-order valence-corrected chi connectivity index (χ1v) is 9.92. The third-order valence-corrected chi connectivity index (χ3v) is 5.13. The second-order valence-electron chi connectivity index (χ2n) is 7.01.